The Morgan fingerprint density at radius 2 is 1.95 bits per heavy atom. The van der Waals surface area contributed by atoms with Crippen molar-refractivity contribution in [1.29, 1.82) is 0 Å². The zero-order valence-electron chi connectivity index (χ0n) is 12.3. The number of amides is 1. The summed E-state index contributed by atoms with van der Waals surface area (Å²) in [5, 5.41) is 0. The normalized spacial score (nSPS) is 22.8. The third-order valence-corrected chi connectivity index (χ3v) is 6.73. The second-order valence-electron chi connectivity index (χ2n) is 6.56. The molecule has 2 nitrogen and oxygen atoms in total. The average molecular weight is 336 g/mol. The van der Waals surface area contributed by atoms with Crippen LogP contribution in [0.15, 0.2) is 18.2 Å². The average Bonchev–Trinajstić information content (AvgIpc) is 2.90. The fraction of sp³-hybridized carbons (Fsp3) is 0.588. The maximum atomic E-state index is 11.8. The molecule has 1 atom stereocenters. The smallest absolute Gasteiger partial charge is 0.227 e. The first-order chi connectivity index (χ1) is 9.51. The summed E-state index contributed by atoms with van der Waals surface area (Å²) < 4.78 is 0. The second kappa shape index (κ2) is 5.18. The molecule has 0 N–H and O–H groups in total. The van der Waals surface area contributed by atoms with Gasteiger partial charge in [0.1, 0.15) is 0 Å². The summed E-state index contributed by atoms with van der Waals surface area (Å²) in [6, 6.07) is 6.62. The molecule has 1 aliphatic carbocycles. The van der Waals surface area contributed by atoms with Gasteiger partial charge in [0.2, 0.25) is 5.91 Å². The maximum Gasteiger partial charge on any atom is 0.227 e. The molecule has 3 rings (SSSR count). The van der Waals surface area contributed by atoms with E-state index in [1.807, 2.05) is 7.05 Å². The number of alkyl halides is 1. The highest BCUT2D eigenvalue weighted by atomic mass is 79.9. The lowest BCUT2D eigenvalue weighted by Crippen LogP contribution is -2.31. The van der Waals surface area contributed by atoms with Gasteiger partial charge >= 0.3 is 0 Å². The molecule has 1 heterocycles. The van der Waals surface area contributed by atoms with Crippen LogP contribution in [0.3, 0.4) is 0 Å². The number of nitrogens with zero attached hydrogens (tertiary/aromatic N) is 1. The van der Waals surface area contributed by atoms with Gasteiger partial charge in [-0.05, 0) is 41.9 Å². The quantitative estimate of drug-likeness (QED) is 0.722. The zero-order chi connectivity index (χ0) is 14.3. The maximum absolute atomic E-state index is 11.8. The first kappa shape index (κ1) is 14.1. The fourth-order valence-electron chi connectivity index (χ4n) is 3.67. The number of carbonyl (C=O) groups excluding carboxylic acids is 1. The predicted molar refractivity (Wildman–Crippen MR) is 86.4 cm³/mol. The summed E-state index contributed by atoms with van der Waals surface area (Å²) in [7, 11) is 1.88. The monoisotopic (exact) mass is 335 g/mol. The van der Waals surface area contributed by atoms with Crippen LogP contribution in [0.2, 0.25) is 0 Å². The highest BCUT2D eigenvalue weighted by Gasteiger charge is 2.36. The number of hydrogen-bond acceptors (Lipinski definition) is 1. The fourth-order valence-corrected chi connectivity index (χ4v) is 4.42. The molecule has 1 aromatic rings. The van der Waals surface area contributed by atoms with Crippen LogP contribution < -0.4 is 4.90 Å². The number of benzene rings is 1. The van der Waals surface area contributed by atoms with Crippen LogP contribution in [-0.2, 0) is 11.2 Å². The highest BCUT2D eigenvalue weighted by Crippen LogP contribution is 2.52. The topological polar surface area (TPSA) is 20.3 Å². The Kier molecular flexibility index (Phi) is 3.65. The molecule has 0 spiro atoms. The number of anilines is 1. The van der Waals surface area contributed by atoms with Crippen LogP contribution in [0.1, 0.15) is 55.0 Å². The van der Waals surface area contributed by atoms with E-state index in [4.69, 9.17) is 0 Å². The minimum Gasteiger partial charge on any atom is -0.315 e. The summed E-state index contributed by atoms with van der Waals surface area (Å²) in [5.41, 5.74) is 4.15. The predicted octanol–water partition coefficient (Wildman–Crippen LogP) is 4.61. The van der Waals surface area contributed by atoms with Crippen molar-refractivity contribution < 1.29 is 4.79 Å². The van der Waals surface area contributed by atoms with Crippen molar-refractivity contribution in [2.24, 2.45) is 5.41 Å². The second-order valence-corrected chi connectivity index (χ2v) is 7.48. The first-order valence-electron chi connectivity index (χ1n) is 7.55. The van der Waals surface area contributed by atoms with Crippen LogP contribution in [0.5, 0.6) is 0 Å². The molecular formula is C17H22BrNO. The molecule has 1 aliphatic heterocycles. The van der Waals surface area contributed by atoms with Crippen molar-refractivity contribution >= 4 is 27.5 Å². The standard InChI is InChI=1S/C17H22BrNO/c1-17(9-3-4-10-17)16(18)13-5-7-14-12(11-13)6-8-15(20)19(14)2/h5,7,11,16H,3-4,6,8-10H2,1-2H3. The Hall–Kier alpha value is -0.830. The van der Waals surface area contributed by atoms with Crippen molar-refractivity contribution in [3.63, 3.8) is 0 Å². The molecule has 1 fully saturated rings. The molecule has 1 amide bonds. The number of aryl methyl sites for hydroxylation is 1. The SMILES string of the molecule is CN1C(=O)CCc2cc(C(Br)C3(C)CCCC3)ccc21. The van der Waals surface area contributed by atoms with Crippen molar-refractivity contribution in [3.05, 3.63) is 29.3 Å². The van der Waals surface area contributed by atoms with Crippen molar-refractivity contribution in [3.8, 4) is 0 Å². The number of carbonyl (C=O) groups is 1. The molecule has 0 bridgehead atoms. The van der Waals surface area contributed by atoms with E-state index in [0.717, 1.165) is 12.1 Å². The van der Waals surface area contributed by atoms with Gasteiger partial charge < -0.3 is 4.90 Å². The number of hydrogen-bond donors (Lipinski definition) is 0. The molecule has 108 valence electrons. The lowest BCUT2D eigenvalue weighted by atomic mass is 9.81. The third-order valence-electron chi connectivity index (χ3n) is 5.10. The van der Waals surface area contributed by atoms with Crippen molar-refractivity contribution in [2.45, 2.75) is 50.3 Å². The molecule has 1 unspecified atom stereocenters. The van der Waals surface area contributed by atoms with Crippen molar-refractivity contribution in [1.82, 2.24) is 0 Å². The van der Waals surface area contributed by atoms with Gasteiger partial charge in [0, 0.05) is 24.0 Å². The lowest BCUT2D eigenvalue weighted by Gasteiger charge is -2.32. The van der Waals surface area contributed by atoms with E-state index in [0.29, 0.717) is 16.7 Å². The van der Waals surface area contributed by atoms with Gasteiger partial charge in [-0.1, -0.05) is 47.8 Å². The molecule has 2 aliphatic rings. The van der Waals surface area contributed by atoms with Crippen LogP contribution in [0.25, 0.3) is 0 Å². The summed E-state index contributed by atoms with van der Waals surface area (Å²) in [6.07, 6.45) is 6.82. The van der Waals surface area contributed by atoms with Gasteiger partial charge in [0.25, 0.3) is 0 Å². The van der Waals surface area contributed by atoms with Crippen LogP contribution in [0, 0.1) is 5.41 Å². The van der Waals surface area contributed by atoms with Crippen LogP contribution in [-0.4, -0.2) is 13.0 Å². The molecule has 1 aromatic carbocycles. The minimum absolute atomic E-state index is 0.225. The minimum atomic E-state index is 0.225. The molecule has 0 aromatic heterocycles. The Labute approximate surface area is 129 Å². The molecule has 3 heteroatoms. The third kappa shape index (κ3) is 2.30. The van der Waals surface area contributed by atoms with E-state index in [-0.39, 0.29) is 5.91 Å². The van der Waals surface area contributed by atoms with Gasteiger partial charge in [-0.15, -0.1) is 0 Å². The summed E-state index contributed by atoms with van der Waals surface area (Å²) in [4.78, 5) is 14.0. The van der Waals surface area contributed by atoms with E-state index in [2.05, 4.69) is 41.1 Å². The molecule has 1 saturated carbocycles. The summed E-state index contributed by atoms with van der Waals surface area (Å²) in [5.74, 6) is 0.225. The molecule has 0 radical (unpaired) electrons. The Balaban J connectivity index is 1.91. The van der Waals surface area contributed by atoms with Gasteiger partial charge in [-0.3, -0.25) is 4.79 Å². The lowest BCUT2D eigenvalue weighted by molar-refractivity contribution is -0.118. The molecular weight excluding hydrogens is 314 g/mol. The Bertz CT molecular complexity index is 534. The Morgan fingerprint density at radius 3 is 2.65 bits per heavy atom. The van der Waals surface area contributed by atoms with E-state index >= 15 is 0 Å². The summed E-state index contributed by atoms with van der Waals surface area (Å²) in [6.45, 7) is 2.40. The van der Waals surface area contributed by atoms with Gasteiger partial charge in [0.05, 0.1) is 0 Å². The largest absolute Gasteiger partial charge is 0.315 e. The van der Waals surface area contributed by atoms with E-state index < -0.39 is 0 Å². The Morgan fingerprint density at radius 1 is 1.25 bits per heavy atom. The zero-order valence-corrected chi connectivity index (χ0v) is 13.9. The van der Waals surface area contributed by atoms with Gasteiger partial charge in [0.15, 0.2) is 0 Å². The first-order valence-corrected chi connectivity index (χ1v) is 8.46. The van der Waals surface area contributed by atoms with Crippen molar-refractivity contribution in [2.75, 3.05) is 11.9 Å². The van der Waals surface area contributed by atoms with E-state index in [9.17, 15) is 4.79 Å². The van der Waals surface area contributed by atoms with Gasteiger partial charge in [-0.25, -0.2) is 0 Å². The summed E-state index contributed by atoms with van der Waals surface area (Å²) >= 11 is 3.94. The van der Waals surface area contributed by atoms with E-state index in [1.54, 1.807) is 4.90 Å². The van der Waals surface area contributed by atoms with Gasteiger partial charge in [-0.2, -0.15) is 0 Å². The number of rotatable bonds is 2. The molecule has 20 heavy (non-hydrogen) atoms. The number of fused-ring (bicyclic) bond motifs is 1. The van der Waals surface area contributed by atoms with Crippen LogP contribution in [0.4, 0.5) is 5.69 Å². The van der Waals surface area contributed by atoms with E-state index in [1.165, 1.54) is 36.8 Å². The highest BCUT2D eigenvalue weighted by molar-refractivity contribution is 9.09. The van der Waals surface area contributed by atoms with Crippen LogP contribution >= 0.6 is 15.9 Å². The number of halogens is 1. The molecule has 0 saturated heterocycles.